The molecule has 0 bridgehead atoms. The van der Waals surface area contributed by atoms with Gasteiger partial charge in [-0.15, -0.1) is 0 Å². The number of rotatable bonds is 10. The molecule has 0 fully saturated rings. The van der Waals surface area contributed by atoms with Gasteiger partial charge in [0.25, 0.3) is 0 Å². The summed E-state index contributed by atoms with van der Waals surface area (Å²) in [7, 11) is 0. The Labute approximate surface area is 134 Å². The minimum absolute atomic E-state index is 0.143. The van der Waals surface area contributed by atoms with Gasteiger partial charge in [0.1, 0.15) is 0 Å². The molecule has 0 radical (unpaired) electrons. The summed E-state index contributed by atoms with van der Waals surface area (Å²) in [6.45, 7) is 8.75. The first-order valence-electron chi connectivity index (χ1n) is 8.70. The van der Waals surface area contributed by atoms with E-state index in [2.05, 4.69) is 26.8 Å². The van der Waals surface area contributed by atoms with E-state index in [4.69, 9.17) is 4.42 Å². The molecule has 21 heavy (non-hydrogen) atoms. The molecule has 0 saturated carbocycles. The van der Waals surface area contributed by atoms with E-state index in [1.54, 1.807) is 0 Å². The number of hydrogen-bond acceptors (Lipinski definition) is 2. The van der Waals surface area contributed by atoms with Gasteiger partial charge in [0.05, 0.1) is 0 Å². The fourth-order valence-electron chi connectivity index (χ4n) is 3.26. The van der Waals surface area contributed by atoms with Gasteiger partial charge in [-0.1, -0.05) is 0 Å². The molecule has 0 aliphatic carbocycles. The zero-order valence-corrected chi connectivity index (χ0v) is 17.2. The van der Waals surface area contributed by atoms with Crippen LogP contribution in [0.15, 0.2) is 21.3 Å². The molecule has 0 unspecified atom stereocenters. The third kappa shape index (κ3) is 5.80. The van der Waals surface area contributed by atoms with E-state index in [-0.39, 0.29) is 5.63 Å². The SMILES string of the molecule is CCC[CH2][Sn]([CH2]CCC)([CH2]CCC)[c]1cc(C)oc(=O)c1. The van der Waals surface area contributed by atoms with Crippen LogP contribution in [0.5, 0.6) is 0 Å². The predicted molar refractivity (Wildman–Crippen MR) is 94.2 cm³/mol. The van der Waals surface area contributed by atoms with Crippen molar-refractivity contribution in [3.8, 4) is 0 Å². The molecular formula is C18H32O2Sn. The van der Waals surface area contributed by atoms with Crippen molar-refractivity contribution in [1.82, 2.24) is 0 Å². The Kier molecular flexibility index (Phi) is 8.68. The molecule has 0 aliphatic rings. The van der Waals surface area contributed by atoms with Crippen LogP contribution in [0.1, 0.15) is 65.1 Å². The molecule has 1 aromatic heterocycles. The van der Waals surface area contributed by atoms with Gasteiger partial charge in [-0.05, 0) is 0 Å². The molecule has 0 saturated heterocycles. The summed E-state index contributed by atoms with van der Waals surface area (Å²) in [5.41, 5.74) is -0.143. The number of unbranched alkanes of at least 4 members (excludes halogenated alkanes) is 3. The van der Waals surface area contributed by atoms with Gasteiger partial charge in [-0.3, -0.25) is 0 Å². The van der Waals surface area contributed by atoms with Crippen LogP contribution < -0.4 is 9.20 Å². The molecule has 0 aliphatic heterocycles. The number of hydrogen-bond donors (Lipinski definition) is 0. The predicted octanol–water partition coefficient (Wildman–Crippen LogP) is 5.00. The van der Waals surface area contributed by atoms with Crippen LogP contribution in [-0.2, 0) is 0 Å². The van der Waals surface area contributed by atoms with E-state index in [1.807, 2.05) is 13.0 Å². The molecule has 0 aromatic carbocycles. The van der Waals surface area contributed by atoms with Crippen molar-refractivity contribution in [3.63, 3.8) is 0 Å². The van der Waals surface area contributed by atoms with Crippen LogP contribution in [0.2, 0.25) is 13.3 Å². The van der Waals surface area contributed by atoms with Gasteiger partial charge in [0.2, 0.25) is 0 Å². The van der Waals surface area contributed by atoms with E-state index in [0.717, 1.165) is 5.76 Å². The van der Waals surface area contributed by atoms with Crippen molar-refractivity contribution in [2.24, 2.45) is 0 Å². The summed E-state index contributed by atoms with van der Waals surface area (Å²) in [6, 6.07) is 4.03. The van der Waals surface area contributed by atoms with Crippen molar-refractivity contribution < 1.29 is 4.42 Å². The van der Waals surface area contributed by atoms with Crippen LogP contribution in [0.4, 0.5) is 0 Å². The molecular weight excluding hydrogens is 367 g/mol. The van der Waals surface area contributed by atoms with Gasteiger partial charge in [0.15, 0.2) is 0 Å². The molecule has 3 heteroatoms. The fraction of sp³-hybridized carbons (Fsp3) is 0.722. The Bertz CT molecular complexity index is 443. The summed E-state index contributed by atoms with van der Waals surface area (Å²) in [4.78, 5) is 11.8. The minimum atomic E-state index is -2.44. The second-order valence-corrected chi connectivity index (χ2v) is 19.6. The zero-order chi connectivity index (χ0) is 15.7. The first-order chi connectivity index (χ1) is 10.1. The summed E-state index contributed by atoms with van der Waals surface area (Å²) >= 11 is -2.44. The van der Waals surface area contributed by atoms with E-state index in [0.29, 0.717) is 0 Å². The Balaban J connectivity index is 3.18. The Hall–Kier alpha value is -0.251. The van der Waals surface area contributed by atoms with Gasteiger partial charge in [-0.2, -0.15) is 0 Å². The average molecular weight is 399 g/mol. The maximum atomic E-state index is 11.8. The standard InChI is InChI=1S/C6H5O2.3C4H9.Sn/c1-5-3-2-4-6(7)8-5;3*1-3-4-2;/h3-4H,1H3;3*1,3-4H2,2H3;. The van der Waals surface area contributed by atoms with Gasteiger partial charge in [0, 0.05) is 0 Å². The monoisotopic (exact) mass is 400 g/mol. The van der Waals surface area contributed by atoms with E-state index >= 15 is 0 Å². The molecule has 1 aromatic rings. The van der Waals surface area contributed by atoms with Crippen molar-refractivity contribution >= 4 is 22.0 Å². The Morgan fingerprint density at radius 2 is 1.38 bits per heavy atom. The first kappa shape index (κ1) is 18.8. The number of aryl methyl sites for hydroxylation is 1. The molecule has 120 valence electrons. The van der Waals surface area contributed by atoms with Crippen LogP contribution in [0.25, 0.3) is 0 Å². The summed E-state index contributed by atoms with van der Waals surface area (Å²) in [5, 5.41) is 0. The van der Waals surface area contributed by atoms with E-state index in [9.17, 15) is 4.79 Å². The quantitative estimate of drug-likeness (QED) is 0.519. The maximum absolute atomic E-state index is 11.8. The van der Waals surface area contributed by atoms with Crippen LogP contribution >= 0.6 is 0 Å². The Morgan fingerprint density at radius 3 is 1.76 bits per heavy atom. The van der Waals surface area contributed by atoms with Crippen molar-refractivity contribution in [2.45, 2.75) is 79.5 Å². The second-order valence-electron chi connectivity index (χ2n) is 6.37. The molecule has 0 spiro atoms. The fourth-order valence-corrected chi connectivity index (χ4v) is 19.4. The molecule has 2 nitrogen and oxygen atoms in total. The first-order valence-corrected chi connectivity index (χ1v) is 16.2. The van der Waals surface area contributed by atoms with Crippen molar-refractivity contribution in [2.75, 3.05) is 0 Å². The normalized spacial score (nSPS) is 11.8. The topological polar surface area (TPSA) is 30.2 Å². The van der Waals surface area contributed by atoms with Crippen molar-refractivity contribution in [1.29, 1.82) is 0 Å². The molecule has 1 heterocycles. The van der Waals surface area contributed by atoms with Crippen molar-refractivity contribution in [3.05, 3.63) is 28.3 Å². The van der Waals surface area contributed by atoms with Crippen LogP contribution in [0, 0.1) is 6.92 Å². The third-order valence-electron chi connectivity index (χ3n) is 4.53. The van der Waals surface area contributed by atoms with Crippen LogP contribution in [0.3, 0.4) is 0 Å². The van der Waals surface area contributed by atoms with Crippen LogP contribution in [-0.4, -0.2) is 18.4 Å². The molecule has 0 amide bonds. The molecule has 0 N–H and O–H groups in total. The average Bonchev–Trinajstić information content (AvgIpc) is 2.46. The summed E-state index contributed by atoms with van der Waals surface area (Å²) in [6.07, 6.45) is 7.75. The summed E-state index contributed by atoms with van der Waals surface area (Å²) < 4.78 is 10.8. The van der Waals surface area contributed by atoms with Gasteiger partial charge < -0.3 is 0 Å². The van der Waals surface area contributed by atoms with E-state index < -0.39 is 18.4 Å². The zero-order valence-electron chi connectivity index (χ0n) is 14.3. The third-order valence-corrected chi connectivity index (χ3v) is 20.1. The molecule has 0 atom stereocenters. The second kappa shape index (κ2) is 9.70. The Morgan fingerprint density at radius 1 is 0.905 bits per heavy atom. The molecule has 1 rings (SSSR count). The van der Waals surface area contributed by atoms with E-state index in [1.165, 1.54) is 55.4 Å². The van der Waals surface area contributed by atoms with Gasteiger partial charge >= 0.3 is 134 Å². The van der Waals surface area contributed by atoms with Gasteiger partial charge in [-0.25, -0.2) is 0 Å². The summed E-state index contributed by atoms with van der Waals surface area (Å²) in [5.74, 6) is 0.795.